The second-order valence-corrected chi connectivity index (χ2v) is 8.25. The second kappa shape index (κ2) is 10.8. The van der Waals surface area contributed by atoms with Gasteiger partial charge in [0.05, 0.1) is 34.7 Å². The van der Waals surface area contributed by atoms with Gasteiger partial charge >= 0.3 is 11.7 Å². The van der Waals surface area contributed by atoms with Crippen molar-refractivity contribution in [2.75, 3.05) is 7.11 Å². The Hall–Kier alpha value is -5.64. The summed E-state index contributed by atoms with van der Waals surface area (Å²) in [5, 5.41) is 16.5. The molecule has 4 aromatic carbocycles. The lowest BCUT2D eigenvalue weighted by Crippen LogP contribution is -2.20. The van der Waals surface area contributed by atoms with Gasteiger partial charge in [0.15, 0.2) is 5.82 Å². The number of esters is 1. The zero-order valence-electron chi connectivity index (χ0n) is 20.6. The summed E-state index contributed by atoms with van der Waals surface area (Å²) < 4.78 is 11.7. The number of nitro benzene ring substituents is 1. The van der Waals surface area contributed by atoms with Gasteiger partial charge in [-0.1, -0.05) is 48.5 Å². The number of hydrogen-bond acceptors (Lipinski definition) is 8. The quantitative estimate of drug-likeness (QED) is 0.0963. The molecule has 192 valence electrons. The van der Waals surface area contributed by atoms with Crippen LogP contribution in [0.1, 0.15) is 15.9 Å². The molecule has 0 atom stereocenters. The Morgan fingerprint density at radius 3 is 2.38 bits per heavy atom. The van der Waals surface area contributed by atoms with E-state index in [0.29, 0.717) is 22.2 Å². The number of carbonyl (C=O) groups is 1. The van der Waals surface area contributed by atoms with Gasteiger partial charge in [0, 0.05) is 17.2 Å². The van der Waals surface area contributed by atoms with E-state index in [2.05, 4.69) is 10.1 Å². The minimum absolute atomic E-state index is 0.116. The highest BCUT2D eigenvalue weighted by atomic mass is 16.6. The van der Waals surface area contributed by atoms with Gasteiger partial charge < -0.3 is 9.47 Å². The second-order valence-electron chi connectivity index (χ2n) is 8.25. The number of carbonyl (C=O) groups excluding carboxylic acids is 1. The number of hydrogen-bond donors (Lipinski definition) is 0. The molecule has 10 heteroatoms. The molecule has 0 N–H and O–H groups in total. The summed E-state index contributed by atoms with van der Waals surface area (Å²) in [6.45, 7) is 0. The maximum absolute atomic E-state index is 13.4. The zero-order chi connectivity index (χ0) is 27.4. The molecule has 39 heavy (non-hydrogen) atoms. The van der Waals surface area contributed by atoms with Crippen molar-refractivity contribution in [1.82, 2.24) is 9.66 Å². The predicted octanol–water partition coefficient (Wildman–Crippen LogP) is 5.08. The van der Waals surface area contributed by atoms with Crippen molar-refractivity contribution in [1.29, 1.82) is 0 Å². The molecule has 0 aliphatic rings. The highest BCUT2D eigenvalue weighted by Gasteiger charge is 2.22. The average Bonchev–Trinajstić information content (AvgIpc) is 2.97. The van der Waals surface area contributed by atoms with Gasteiger partial charge in [0.2, 0.25) is 5.75 Å². The van der Waals surface area contributed by atoms with Crippen molar-refractivity contribution in [3.8, 4) is 22.9 Å². The van der Waals surface area contributed by atoms with E-state index >= 15 is 0 Å². The lowest BCUT2D eigenvalue weighted by molar-refractivity contribution is -0.385. The van der Waals surface area contributed by atoms with Crippen LogP contribution < -0.4 is 15.0 Å². The van der Waals surface area contributed by atoms with Crippen LogP contribution in [0.3, 0.4) is 0 Å². The SMILES string of the molecule is COc1ccc(C(=O)Oc2c(C=Nn3c(-c4ccccc4)nc4ccccc4c3=O)cccc2[N+](=O)[O-])cc1. The number of fused-ring (bicyclic) bond motifs is 1. The van der Waals surface area contributed by atoms with E-state index in [0.717, 1.165) is 4.68 Å². The number of rotatable bonds is 7. The van der Waals surface area contributed by atoms with Crippen molar-refractivity contribution < 1.29 is 19.2 Å². The number of nitrogens with zero attached hydrogens (tertiary/aromatic N) is 4. The third-order valence-corrected chi connectivity index (χ3v) is 5.84. The highest BCUT2D eigenvalue weighted by Crippen LogP contribution is 2.31. The van der Waals surface area contributed by atoms with Gasteiger partial charge in [-0.15, -0.1) is 0 Å². The Kier molecular flexibility index (Phi) is 6.91. The van der Waals surface area contributed by atoms with Gasteiger partial charge in [-0.25, -0.2) is 9.78 Å². The molecule has 0 aliphatic carbocycles. The molecular formula is C29H20N4O6. The summed E-state index contributed by atoms with van der Waals surface area (Å²) in [7, 11) is 1.49. The summed E-state index contributed by atoms with van der Waals surface area (Å²) in [6.07, 6.45) is 1.23. The molecule has 1 aromatic heterocycles. The van der Waals surface area contributed by atoms with Crippen molar-refractivity contribution in [2.45, 2.75) is 0 Å². The van der Waals surface area contributed by atoms with E-state index in [9.17, 15) is 19.7 Å². The molecule has 1 heterocycles. The van der Waals surface area contributed by atoms with Crippen LogP contribution in [0.4, 0.5) is 5.69 Å². The fourth-order valence-corrected chi connectivity index (χ4v) is 3.90. The topological polar surface area (TPSA) is 126 Å². The maximum Gasteiger partial charge on any atom is 0.343 e. The Labute approximate surface area is 221 Å². The van der Waals surface area contributed by atoms with Crippen LogP contribution in [0, 0.1) is 10.1 Å². The van der Waals surface area contributed by atoms with Gasteiger partial charge in [-0.05, 0) is 42.5 Å². The Balaban J connectivity index is 1.61. The Bertz CT molecular complexity index is 1780. The number of aromatic nitrogens is 2. The van der Waals surface area contributed by atoms with E-state index in [4.69, 9.17) is 9.47 Å². The summed E-state index contributed by atoms with van der Waals surface area (Å²) >= 11 is 0. The minimum atomic E-state index is -0.809. The number of benzene rings is 4. The zero-order valence-corrected chi connectivity index (χ0v) is 20.6. The van der Waals surface area contributed by atoms with E-state index < -0.39 is 22.1 Å². The fourth-order valence-electron chi connectivity index (χ4n) is 3.90. The third kappa shape index (κ3) is 5.12. The molecule has 0 fully saturated rings. The molecule has 0 aliphatic heterocycles. The number of nitro groups is 1. The van der Waals surface area contributed by atoms with Gasteiger partial charge in [0.25, 0.3) is 5.56 Å². The van der Waals surface area contributed by atoms with E-state index in [1.165, 1.54) is 43.7 Å². The van der Waals surface area contributed by atoms with Crippen LogP contribution in [0.2, 0.25) is 0 Å². The first-order valence-electron chi connectivity index (χ1n) is 11.7. The Morgan fingerprint density at radius 1 is 0.949 bits per heavy atom. The first-order chi connectivity index (χ1) is 19.0. The van der Waals surface area contributed by atoms with Gasteiger partial charge in [-0.3, -0.25) is 14.9 Å². The van der Waals surface area contributed by atoms with E-state index in [-0.39, 0.29) is 22.7 Å². The molecule has 0 unspecified atom stereocenters. The average molecular weight is 521 g/mol. The molecule has 0 amide bonds. The molecule has 0 bridgehead atoms. The summed E-state index contributed by atoms with van der Waals surface area (Å²) in [5.41, 5.74) is 0.550. The molecule has 10 nitrogen and oxygen atoms in total. The van der Waals surface area contributed by atoms with Crippen molar-refractivity contribution >= 4 is 28.8 Å². The first kappa shape index (κ1) is 25.0. The van der Waals surface area contributed by atoms with E-state index in [1.807, 2.05) is 18.2 Å². The lowest BCUT2D eigenvalue weighted by atomic mass is 10.1. The predicted molar refractivity (Wildman–Crippen MR) is 145 cm³/mol. The minimum Gasteiger partial charge on any atom is -0.497 e. The molecule has 5 aromatic rings. The molecule has 5 rings (SSSR count). The molecular weight excluding hydrogens is 500 g/mol. The van der Waals surface area contributed by atoms with Crippen LogP contribution in [0.25, 0.3) is 22.3 Å². The fraction of sp³-hybridized carbons (Fsp3) is 0.0345. The smallest absolute Gasteiger partial charge is 0.343 e. The van der Waals surface area contributed by atoms with Crippen molar-refractivity contribution in [3.05, 3.63) is 129 Å². The lowest BCUT2D eigenvalue weighted by Gasteiger charge is -2.10. The molecule has 0 saturated heterocycles. The number of ether oxygens (including phenoxy) is 2. The normalized spacial score (nSPS) is 11.0. The van der Waals surface area contributed by atoms with Crippen LogP contribution >= 0.6 is 0 Å². The first-order valence-corrected chi connectivity index (χ1v) is 11.7. The van der Waals surface area contributed by atoms with Crippen LogP contribution in [-0.2, 0) is 0 Å². The molecule has 0 saturated carbocycles. The van der Waals surface area contributed by atoms with E-state index in [1.54, 1.807) is 48.5 Å². The number of para-hydroxylation sites is 2. The van der Waals surface area contributed by atoms with Gasteiger partial charge in [-0.2, -0.15) is 9.78 Å². The van der Waals surface area contributed by atoms with Crippen molar-refractivity contribution in [3.63, 3.8) is 0 Å². The molecule has 0 spiro atoms. The standard InChI is InChI=1S/C29H20N4O6/c1-38-22-16-14-20(15-17-22)29(35)39-26-21(10-7-13-25(26)33(36)37)18-30-32-27(19-8-3-2-4-9-19)31-24-12-6-5-11-23(24)28(32)34/h2-18H,1H3. The number of methoxy groups -OCH3 is 1. The largest absolute Gasteiger partial charge is 0.497 e. The van der Waals surface area contributed by atoms with Crippen molar-refractivity contribution in [2.24, 2.45) is 5.10 Å². The third-order valence-electron chi connectivity index (χ3n) is 5.84. The highest BCUT2D eigenvalue weighted by molar-refractivity contribution is 5.94. The Morgan fingerprint density at radius 2 is 1.67 bits per heavy atom. The molecule has 0 radical (unpaired) electrons. The summed E-state index contributed by atoms with van der Waals surface area (Å²) in [4.78, 5) is 42.0. The maximum atomic E-state index is 13.4. The summed E-state index contributed by atoms with van der Waals surface area (Å²) in [6, 6.07) is 26.2. The van der Waals surface area contributed by atoms with Crippen LogP contribution in [0.15, 0.2) is 107 Å². The van der Waals surface area contributed by atoms with Crippen LogP contribution in [-0.4, -0.2) is 33.9 Å². The van der Waals surface area contributed by atoms with Gasteiger partial charge in [0.1, 0.15) is 5.75 Å². The van der Waals surface area contributed by atoms with Crippen LogP contribution in [0.5, 0.6) is 11.5 Å². The monoisotopic (exact) mass is 520 g/mol. The summed E-state index contributed by atoms with van der Waals surface area (Å²) in [5.74, 6) is -0.308.